The highest BCUT2D eigenvalue weighted by molar-refractivity contribution is 5.39. The predicted molar refractivity (Wildman–Crippen MR) is 58.7 cm³/mol. The van der Waals surface area contributed by atoms with E-state index in [-0.39, 0.29) is 6.54 Å². The van der Waals surface area contributed by atoms with Crippen LogP contribution in [-0.4, -0.2) is 4.57 Å². The van der Waals surface area contributed by atoms with Gasteiger partial charge in [0.05, 0.1) is 5.56 Å². The molecule has 2 rings (SSSR count). The Labute approximate surface area is 96.5 Å². The summed E-state index contributed by atoms with van der Waals surface area (Å²) >= 11 is 0. The SMILES string of the molecule is NCc1cccn1-c1cccc(C(F)(F)F)c1. The smallest absolute Gasteiger partial charge is 0.325 e. The molecule has 2 N–H and O–H groups in total. The van der Waals surface area contributed by atoms with Crippen molar-refractivity contribution in [3.8, 4) is 5.69 Å². The Bertz CT molecular complexity index is 514. The minimum atomic E-state index is -4.33. The minimum Gasteiger partial charge on any atom is -0.325 e. The van der Waals surface area contributed by atoms with Crippen molar-refractivity contribution in [2.45, 2.75) is 12.7 Å². The van der Waals surface area contributed by atoms with Crippen LogP contribution in [0.4, 0.5) is 13.2 Å². The van der Waals surface area contributed by atoms with Crippen molar-refractivity contribution in [1.29, 1.82) is 0 Å². The van der Waals surface area contributed by atoms with E-state index in [0.717, 1.165) is 17.8 Å². The molecule has 0 unspecified atom stereocenters. The van der Waals surface area contributed by atoms with Gasteiger partial charge in [0.15, 0.2) is 0 Å². The summed E-state index contributed by atoms with van der Waals surface area (Å²) in [5.41, 5.74) is 6.08. The number of hydrogen-bond donors (Lipinski definition) is 1. The van der Waals surface area contributed by atoms with Crippen LogP contribution in [0.2, 0.25) is 0 Å². The molecule has 0 saturated carbocycles. The lowest BCUT2D eigenvalue weighted by atomic mass is 10.2. The van der Waals surface area contributed by atoms with Gasteiger partial charge in [-0.1, -0.05) is 6.07 Å². The molecule has 0 amide bonds. The fourth-order valence-electron chi connectivity index (χ4n) is 1.67. The first kappa shape index (κ1) is 11.7. The predicted octanol–water partition coefficient (Wildman–Crippen LogP) is 2.95. The molecule has 0 aliphatic heterocycles. The van der Waals surface area contributed by atoms with Gasteiger partial charge in [0, 0.05) is 24.1 Å². The molecule has 0 radical (unpaired) electrons. The van der Waals surface area contributed by atoms with Gasteiger partial charge < -0.3 is 10.3 Å². The van der Waals surface area contributed by atoms with Crippen LogP contribution in [0.15, 0.2) is 42.6 Å². The number of rotatable bonds is 2. The van der Waals surface area contributed by atoms with Gasteiger partial charge in [0.25, 0.3) is 0 Å². The number of aromatic nitrogens is 1. The maximum Gasteiger partial charge on any atom is 0.416 e. The first-order valence-corrected chi connectivity index (χ1v) is 5.06. The average molecular weight is 240 g/mol. The fraction of sp³-hybridized carbons (Fsp3) is 0.167. The Hall–Kier alpha value is -1.75. The Kier molecular flexibility index (Phi) is 2.93. The summed E-state index contributed by atoms with van der Waals surface area (Å²) in [7, 11) is 0. The van der Waals surface area contributed by atoms with Gasteiger partial charge in [-0.25, -0.2) is 0 Å². The van der Waals surface area contributed by atoms with E-state index in [0.29, 0.717) is 5.69 Å². The molecule has 0 aliphatic carbocycles. The van der Waals surface area contributed by atoms with Crippen LogP contribution in [0.1, 0.15) is 11.3 Å². The molecule has 1 heterocycles. The molecule has 0 aliphatic rings. The summed E-state index contributed by atoms with van der Waals surface area (Å²) in [6, 6.07) is 8.70. The highest BCUT2D eigenvalue weighted by atomic mass is 19.4. The summed E-state index contributed by atoms with van der Waals surface area (Å²) in [4.78, 5) is 0. The molecule has 2 nitrogen and oxygen atoms in total. The lowest BCUT2D eigenvalue weighted by molar-refractivity contribution is -0.137. The minimum absolute atomic E-state index is 0.281. The van der Waals surface area contributed by atoms with Crippen LogP contribution in [0.5, 0.6) is 0 Å². The maximum absolute atomic E-state index is 12.6. The zero-order valence-corrected chi connectivity index (χ0v) is 8.91. The van der Waals surface area contributed by atoms with Gasteiger partial charge in [-0.3, -0.25) is 0 Å². The highest BCUT2D eigenvalue weighted by Crippen LogP contribution is 2.30. The number of nitrogens with two attached hydrogens (primary N) is 1. The molecule has 2 aromatic rings. The molecule has 90 valence electrons. The van der Waals surface area contributed by atoms with E-state index in [1.54, 1.807) is 29.0 Å². The van der Waals surface area contributed by atoms with E-state index in [4.69, 9.17) is 5.73 Å². The second-order valence-electron chi connectivity index (χ2n) is 3.62. The van der Waals surface area contributed by atoms with Crippen molar-refractivity contribution in [1.82, 2.24) is 4.57 Å². The van der Waals surface area contributed by atoms with Gasteiger partial charge in [-0.2, -0.15) is 13.2 Å². The molecule has 0 spiro atoms. The quantitative estimate of drug-likeness (QED) is 0.859. The Morgan fingerprint density at radius 2 is 1.88 bits per heavy atom. The number of halogens is 3. The van der Waals surface area contributed by atoms with Gasteiger partial charge in [0.1, 0.15) is 0 Å². The van der Waals surface area contributed by atoms with Crippen LogP contribution >= 0.6 is 0 Å². The first-order chi connectivity index (χ1) is 8.02. The highest BCUT2D eigenvalue weighted by Gasteiger charge is 2.30. The second-order valence-corrected chi connectivity index (χ2v) is 3.62. The standard InChI is InChI=1S/C12H11F3N2/c13-12(14,15)9-3-1-4-10(7-9)17-6-2-5-11(17)8-16/h1-7H,8,16H2. The monoisotopic (exact) mass is 240 g/mol. The topological polar surface area (TPSA) is 30.9 Å². The molecule has 0 fully saturated rings. The third-order valence-corrected chi connectivity index (χ3v) is 2.49. The molecule has 5 heteroatoms. The van der Waals surface area contributed by atoms with Crippen molar-refractivity contribution in [3.63, 3.8) is 0 Å². The zero-order chi connectivity index (χ0) is 12.5. The first-order valence-electron chi connectivity index (χ1n) is 5.06. The van der Waals surface area contributed by atoms with Gasteiger partial charge in [-0.05, 0) is 30.3 Å². The zero-order valence-electron chi connectivity index (χ0n) is 8.91. The number of benzene rings is 1. The van der Waals surface area contributed by atoms with E-state index in [1.807, 2.05) is 0 Å². The van der Waals surface area contributed by atoms with Gasteiger partial charge >= 0.3 is 6.18 Å². The summed E-state index contributed by atoms with van der Waals surface area (Å²) < 4.78 is 39.3. The fourth-order valence-corrected chi connectivity index (χ4v) is 1.67. The lowest BCUT2D eigenvalue weighted by Crippen LogP contribution is -2.08. The van der Waals surface area contributed by atoms with Crippen molar-refractivity contribution in [2.24, 2.45) is 5.73 Å². The van der Waals surface area contributed by atoms with Crippen molar-refractivity contribution in [3.05, 3.63) is 53.9 Å². The number of nitrogens with zero attached hydrogens (tertiary/aromatic N) is 1. The van der Waals surface area contributed by atoms with Crippen LogP contribution < -0.4 is 5.73 Å². The van der Waals surface area contributed by atoms with E-state index in [9.17, 15) is 13.2 Å². The summed E-state index contributed by atoms with van der Waals surface area (Å²) in [5.74, 6) is 0. The molecule has 17 heavy (non-hydrogen) atoms. The second kappa shape index (κ2) is 4.25. The molecule has 0 bridgehead atoms. The Morgan fingerprint density at radius 3 is 2.53 bits per heavy atom. The number of hydrogen-bond acceptors (Lipinski definition) is 1. The molecular weight excluding hydrogens is 229 g/mol. The van der Waals surface area contributed by atoms with Crippen molar-refractivity contribution < 1.29 is 13.2 Å². The third-order valence-electron chi connectivity index (χ3n) is 2.49. The van der Waals surface area contributed by atoms with E-state index >= 15 is 0 Å². The van der Waals surface area contributed by atoms with Crippen molar-refractivity contribution in [2.75, 3.05) is 0 Å². The molecule has 1 aromatic carbocycles. The van der Waals surface area contributed by atoms with E-state index in [2.05, 4.69) is 0 Å². The third kappa shape index (κ3) is 2.34. The summed E-state index contributed by atoms with van der Waals surface area (Å²) in [6.07, 6.45) is -2.64. The van der Waals surface area contributed by atoms with Crippen LogP contribution in [0.3, 0.4) is 0 Å². The molecule has 0 saturated heterocycles. The summed E-state index contributed by atoms with van der Waals surface area (Å²) in [5, 5.41) is 0. The normalized spacial score (nSPS) is 11.8. The Morgan fingerprint density at radius 1 is 1.12 bits per heavy atom. The van der Waals surface area contributed by atoms with Crippen LogP contribution in [0.25, 0.3) is 5.69 Å². The van der Waals surface area contributed by atoms with Gasteiger partial charge in [-0.15, -0.1) is 0 Å². The maximum atomic E-state index is 12.6. The Balaban J connectivity index is 2.47. The van der Waals surface area contributed by atoms with Crippen LogP contribution in [0, 0.1) is 0 Å². The summed E-state index contributed by atoms with van der Waals surface area (Å²) in [6.45, 7) is 0.281. The molecular formula is C12H11F3N2. The number of alkyl halides is 3. The van der Waals surface area contributed by atoms with E-state index < -0.39 is 11.7 Å². The van der Waals surface area contributed by atoms with Gasteiger partial charge in [0.2, 0.25) is 0 Å². The average Bonchev–Trinajstić information content (AvgIpc) is 2.76. The molecule has 0 atom stereocenters. The lowest BCUT2D eigenvalue weighted by Gasteiger charge is -2.11. The van der Waals surface area contributed by atoms with Crippen LogP contribution in [-0.2, 0) is 12.7 Å². The molecule has 1 aromatic heterocycles. The largest absolute Gasteiger partial charge is 0.416 e. The van der Waals surface area contributed by atoms with Crippen molar-refractivity contribution >= 4 is 0 Å². The van der Waals surface area contributed by atoms with E-state index in [1.165, 1.54) is 6.07 Å².